The number of rotatable bonds is 9. The number of para-hydroxylation sites is 1. The molecule has 3 aromatic rings. The fourth-order valence-electron chi connectivity index (χ4n) is 2.92. The van der Waals surface area contributed by atoms with Crippen molar-refractivity contribution in [2.45, 2.75) is 19.4 Å². The molecule has 138 valence electrons. The lowest BCUT2D eigenvalue weighted by Crippen LogP contribution is -2.16. The van der Waals surface area contributed by atoms with Gasteiger partial charge < -0.3 is 19.8 Å². The average Bonchev–Trinajstić information content (AvgIpc) is 3.07. The van der Waals surface area contributed by atoms with Gasteiger partial charge in [0, 0.05) is 18.1 Å². The first-order chi connectivity index (χ1) is 12.7. The van der Waals surface area contributed by atoms with Crippen LogP contribution in [0.3, 0.4) is 0 Å². The number of nitrogens with one attached hydrogen (secondary N) is 2. The van der Waals surface area contributed by atoms with Crippen molar-refractivity contribution >= 4 is 10.9 Å². The first-order valence-corrected chi connectivity index (χ1v) is 8.51. The molecule has 26 heavy (non-hydrogen) atoms. The normalized spacial score (nSPS) is 11.2. The average molecular weight is 360 g/mol. The molecule has 6 heteroatoms. The number of ether oxygens (including phenoxy) is 2. The Morgan fingerprint density at radius 3 is 2.81 bits per heavy atom. The van der Waals surface area contributed by atoms with Crippen LogP contribution in [0.4, 0.5) is 8.78 Å². The molecule has 2 N–H and O–H groups in total. The molecule has 4 nitrogen and oxygen atoms in total. The first kappa shape index (κ1) is 18.2. The zero-order valence-corrected chi connectivity index (χ0v) is 14.6. The summed E-state index contributed by atoms with van der Waals surface area (Å²) in [6.07, 6.45) is 0.411. The Bertz CT molecular complexity index is 849. The van der Waals surface area contributed by atoms with Gasteiger partial charge in [-0.25, -0.2) is 8.78 Å². The van der Waals surface area contributed by atoms with E-state index in [1.807, 2.05) is 30.5 Å². The van der Waals surface area contributed by atoms with Crippen LogP contribution in [0, 0.1) is 0 Å². The molecule has 0 amide bonds. The van der Waals surface area contributed by atoms with E-state index in [1.54, 1.807) is 19.2 Å². The SMILES string of the molecule is COc1cccc2c(CCNCc3cccc(OCC(F)F)c3)c[nH]c12. The number of aromatic nitrogens is 1. The molecule has 0 saturated carbocycles. The predicted octanol–water partition coefficient (Wildman–Crippen LogP) is 4.15. The zero-order chi connectivity index (χ0) is 18.4. The maximum Gasteiger partial charge on any atom is 0.272 e. The van der Waals surface area contributed by atoms with Gasteiger partial charge in [0.25, 0.3) is 6.43 Å². The van der Waals surface area contributed by atoms with E-state index >= 15 is 0 Å². The van der Waals surface area contributed by atoms with Gasteiger partial charge in [-0.2, -0.15) is 0 Å². The molecule has 0 bridgehead atoms. The number of hydrogen-bond acceptors (Lipinski definition) is 3. The fraction of sp³-hybridized carbons (Fsp3) is 0.300. The maximum absolute atomic E-state index is 12.2. The molecule has 3 rings (SSSR count). The van der Waals surface area contributed by atoms with Crippen LogP contribution < -0.4 is 14.8 Å². The molecule has 2 aromatic carbocycles. The van der Waals surface area contributed by atoms with Gasteiger partial charge >= 0.3 is 0 Å². The van der Waals surface area contributed by atoms with Gasteiger partial charge in [0.2, 0.25) is 0 Å². The van der Waals surface area contributed by atoms with Crippen molar-refractivity contribution in [1.29, 1.82) is 0 Å². The number of H-pyrrole nitrogens is 1. The highest BCUT2D eigenvalue weighted by Gasteiger charge is 2.07. The third kappa shape index (κ3) is 4.52. The Hall–Kier alpha value is -2.60. The van der Waals surface area contributed by atoms with Gasteiger partial charge in [0.1, 0.15) is 18.1 Å². The van der Waals surface area contributed by atoms with Gasteiger partial charge in [0.05, 0.1) is 12.6 Å². The highest BCUT2D eigenvalue weighted by Crippen LogP contribution is 2.27. The van der Waals surface area contributed by atoms with Crippen molar-refractivity contribution in [3.63, 3.8) is 0 Å². The van der Waals surface area contributed by atoms with E-state index in [0.29, 0.717) is 12.3 Å². The molecule has 0 fully saturated rings. The summed E-state index contributed by atoms with van der Waals surface area (Å²) in [5.41, 5.74) is 3.23. The second-order valence-electron chi connectivity index (χ2n) is 5.97. The van der Waals surface area contributed by atoms with E-state index in [-0.39, 0.29) is 0 Å². The second-order valence-corrected chi connectivity index (χ2v) is 5.97. The quantitative estimate of drug-likeness (QED) is 0.564. The maximum atomic E-state index is 12.2. The lowest BCUT2D eigenvalue weighted by Gasteiger charge is -2.08. The van der Waals surface area contributed by atoms with Gasteiger partial charge in [-0.1, -0.05) is 24.3 Å². The first-order valence-electron chi connectivity index (χ1n) is 8.51. The number of halogens is 2. The van der Waals surface area contributed by atoms with E-state index < -0.39 is 13.0 Å². The van der Waals surface area contributed by atoms with E-state index in [2.05, 4.69) is 16.4 Å². The standard InChI is InChI=1S/C20H22F2N2O2/c1-25-18-7-3-6-17-15(12-24-20(17)18)8-9-23-11-14-4-2-5-16(10-14)26-13-19(21)22/h2-7,10,12,19,23-24H,8-9,11,13H2,1H3. The molecule has 0 aliphatic rings. The van der Waals surface area contributed by atoms with Gasteiger partial charge in [-0.3, -0.25) is 0 Å². The summed E-state index contributed by atoms with van der Waals surface area (Å²) in [7, 11) is 1.66. The Morgan fingerprint density at radius 1 is 1.15 bits per heavy atom. The van der Waals surface area contributed by atoms with Crippen LogP contribution >= 0.6 is 0 Å². The van der Waals surface area contributed by atoms with Crippen LogP contribution in [-0.4, -0.2) is 31.7 Å². The largest absolute Gasteiger partial charge is 0.495 e. The number of fused-ring (bicyclic) bond motifs is 1. The van der Waals surface area contributed by atoms with Gasteiger partial charge in [-0.05, 0) is 42.3 Å². The lowest BCUT2D eigenvalue weighted by atomic mass is 10.1. The van der Waals surface area contributed by atoms with Crippen LogP contribution in [0.1, 0.15) is 11.1 Å². The third-order valence-corrected chi connectivity index (χ3v) is 4.16. The smallest absolute Gasteiger partial charge is 0.272 e. The van der Waals surface area contributed by atoms with Gasteiger partial charge in [0.15, 0.2) is 0 Å². The summed E-state index contributed by atoms with van der Waals surface area (Å²) < 4.78 is 34.8. The zero-order valence-electron chi connectivity index (χ0n) is 14.6. The van der Waals surface area contributed by atoms with Crippen LogP contribution in [0.5, 0.6) is 11.5 Å². The Labute approximate surface area is 151 Å². The van der Waals surface area contributed by atoms with Crippen molar-refractivity contribution in [2.24, 2.45) is 0 Å². The molecule has 1 aromatic heterocycles. The minimum atomic E-state index is -2.47. The highest BCUT2D eigenvalue weighted by molar-refractivity contribution is 5.88. The minimum absolute atomic E-state index is 0.466. The van der Waals surface area contributed by atoms with Crippen LogP contribution in [0.15, 0.2) is 48.7 Å². The summed E-state index contributed by atoms with van der Waals surface area (Å²) in [5, 5.41) is 4.54. The van der Waals surface area contributed by atoms with Crippen molar-refractivity contribution in [2.75, 3.05) is 20.3 Å². The summed E-state index contributed by atoms with van der Waals surface area (Å²) in [6.45, 7) is 0.866. The molecule has 0 atom stereocenters. The number of hydrogen-bond donors (Lipinski definition) is 2. The van der Waals surface area contributed by atoms with Crippen LogP contribution in [0.2, 0.25) is 0 Å². The number of benzene rings is 2. The van der Waals surface area contributed by atoms with Gasteiger partial charge in [-0.15, -0.1) is 0 Å². The number of alkyl halides is 2. The summed E-state index contributed by atoms with van der Waals surface area (Å²) in [5.74, 6) is 1.30. The molecular formula is C20H22F2N2O2. The van der Waals surface area contributed by atoms with Crippen LogP contribution in [0.25, 0.3) is 10.9 Å². The Kier molecular flexibility index (Phi) is 6.07. The summed E-state index contributed by atoms with van der Waals surface area (Å²) in [4.78, 5) is 3.27. The Morgan fingerprint density at radius 2 is 2.00 bits per heavy atom. The van der Waals surface area contributed by atoms with E-state index in [0.717, 1.165) is 35.2 Å². The molecule has 1 heterocycles. The van der Waals surface area contributed by atoms with E-state index in [9.17, 15) is 8.78 Å². The monoisotopic (exact) mass is 360 g/mol. The molecule has 0 spiro atoms. The molecule has 0 saturated heterocycles. The summed E-state index contributed by atoms with van der Waals surface area (Å²) in [6, 6.07) is 13.2. The predicted molar refractivity (Wildman–Crippen MR) is 98.2 cm³/mol. The minimum Gasteiger partial charge on any atom is -0.495 e. The molecule has 0 unspecified atom stereocenters. The Balaban J connectivity index is 1.52. The third-order valence-electron chi connectivity index (χ3n) is 4.16. The molecule has 0 radical (unpaired) electrons. The fourth-order valence-corrected chi connectivity index (χ4v) is 2.92. The van der Waals surface area contributed by atoms with Crippen molar-refractivity contribution in [1.82, 2.24) is 10.3 Å². The lowest BCUT2D eigenvalue weighted by molar-refractivity contribution is 0.0818. The van der Waals surface area contributed by atoms with Crippen molar-refractivity contribution in [3.8, 4) is 11.5 Å². The van der Waals surface area contributed by atoms with Crippen molar-refractivity contribution < 1.29 is 18.3 Å². The topological polar surface area (TPSA) is 46.3 Å². The summed E-state index contributed by atoms with van der Waals surface area (Å²) >= 11 is 0. The second kappa shape index (κ2) is 8.67. The number of methoxy groups -OCH3 is 1. The van der Waals surface area contributed by atoms with Crippen LogP contribution in [-0.2, 0) is 13.0 Å². The molecule has 0 aliphatic heterocycles. The van der Waals surface area contributed by atoms with E-state index in [1.165, 1.54) is 5.56 Å². The number of aromatic amines is 1. The molecule has 0 aliphatic carbocycles. The van der Waals surface area contributed by atoms with E-state index in [4.69, 9.17) is 9.47 Å². The molecular weight excluding hydrogens is 338 g/mol. The van der Waals surface area contributed by atoms with Crippen molar-refractivity contribution in [3.05, 3.63) is 59.8 Å². The highest BCUT2D eigenvalue weighted by atomic mass is 19.3.